The van der Waals surface area contributed by atoms with E-state index in [1.807, 2.05) is 13.0 Å². The Bertz CT molecular complexity index is 1060. The summed E-state index contributed by atoms with van der Waals surface area (Å²) in [5.41, 5.74) is 1.80. The molecule has 7 heteroatoms. The van der Waals surface area contributed by atoms with E-state index in [2.05, 4.69) is 9.97 Å². The molecule has 5 nitrogen and oxygen atoms in total. The Morgan fingerprint density at radius 2 is 2.12 bits per heavy atom. The number of H-pyrrole nitrogens is 1. The number of aromatic hydroxyl groups is 1. The van der Waals surface area contributed by atoms with Gasteiger partial charge in [-0.1, -0.05) is 35.3 Å². The van der Waals surface area contributed by atoms with Gasteiger partial charge in [-0.15, -0.1) is 0 Å². The number of hydrogen-bond acceptors (Lipinski definition) is 4. The van der Waals surface area contributed by atoms with Gasteiger partial charge in [0.05, 0.1) is 28.1 Å². The van der Waals surface area contributed by atoms with Crippen molar-refractivity contribution >= 4 is 45.2 Å². The molecule has 128 valence electrons. The van der Waals surface area contributed by atoms with E-state index in [0.29, 0.717) is 16.5 Å². The lowest BCUT2D eigenvalue weighted by molar-refractivity contribution is 0.373. The molecule has 0 unspecified atom stereocenters. The number of ether oxygens (including phenoxy) is 1. The van der Waals surface area contributed by atoms with E-state index in [9.17, 15) is 9.90 Å². The fourth-order valence-corrected chi connectivity index (χ4v) is 2.90. The van der Waals surface area contributed by atoms with Gasteiger partial charge >= 0.3 is 0 Å². The van der Waals surface area contributed by atoms with Crippen LogP contribution < -0.4 is 10.3 Å². The Labute approximate surface area is 153 Å². The number of benzene rings is 2. The predicted molar refractivity (Wildman–Crippen MR) is 100 cm³/mol. The molecule has 3 rings (SSSR count). The molecule has 0 aliphatic rings. The predicted octanol–water partition coefficient (Wildman–Crippen LogP) is 4.34. The average molecular weight is 377 g/mol. The van der Waals surface area contributed by atoms with Crippen LogP contribution in [0.2, 0.25) is 5.02 Å². The maximum Gasteiger partial charge on any atom is 0.259 e. The molecule has 0 radical (unpaired) electrons. The van der Waals surface area contributed by atoms with E-state index in [1.165, 1.54) is 13.2 Å². The van der Waals surface area contributed by atoms with Crippen molar-refractivity contribution in [2.75, 3.05) is 7.11 Å². The summed E-state index contributed by atoms with van der Waals surface area (Å²) >= 11 is 12.3. The molecular formula is C18H14Cl2N2O3. The van der Waals surface area contributed by atoms with Crippen LogP contribution in [0.25, 0.3) is 22.0 Å². The van der Waals surface area contributed by atoms with Crippen LogP contribution in [0.15, 0.2) is 35.1 Å². The summed E-state index contributed by atoms with van der Waals surface area (Å²) in [6.07, 6.45) is 1.58. The third kappa shape index (κ3) is 3.34. The SMILES string of the molecule is COc1cc(/C=C(\Cl)c2nc3c(C)cccc3c(=O)[nH]2)cc(Cl)c1O. The average Bonchev–Trinajstić information content (AvgIpc) is 2.58. The molecule has 0 spiro atoms. The second-order valence-corrected chi connectivity index (χ2v) is 6.25. The van der Waals surface area contributed by atoms with Crippen LogP contribution in [0.4, 0.5) is 0 Å². The van der Waals surface area contributed by atoms with Gasteiger partial charge in [0.2, 0.25) is 0 Å². The van der Waals surface area contributed by atoms with Gasteiger partial charge in [-0.25, -0.2) is 4.98 Å². The van der Waals surface area contributed by atoms with Crippen LogP contribution in [-0.4, -0.2) is 22.2 Å². The van der Waals surface area contributed by atoms with E-state index in [0.717, 1.165) is 5.56 Å². The summed E-state index contributed by atoms with van der Waals surface area (Å²) in [5.74, 6) is 0.320. The first kappa shape index (κ1) is 17.3. The Balaban J connectivity index is 2.12. The van der Waals surface area contributed by atoms with Gasteiger partial charge in [0.25, 0.3) is 5.56 Å². The molecule has 3 aromatic rings. The van der Waals surface area contributed by atoms with Crippen LogP contribution in [0.1, 0.15) is 17.0 Å². The summed E-state index contributed by atoms with van der Waals surface area (Å²) in [7, 11) is 1.42. The first-order chi connectivity index (χ1) is 11.9. The molecule has 0 aliphatic heterocycles. The molecule has 0 aliphatic carbocycles. The Morgan fingerprint density at radius 1 is 1.36 bits per heavy atom. The molecule has 0 saturated carbocycles. The van der Waals surface area contributed by atoms with E-state index < -0.39 is 0 Å². The van der Waals surface area contributed by atoms with Crippen LogP contribution >= 0.6 is 23.2 Å². The van der Waals surface area contributed by atoms with E-state index in [-0.39, 0.29) is 32.9 Å². The fraction of sp³-hybridized carbons (Fsp3) is 0.111. The third-order valence-electron chi connectivity index (χ3n) is 3.73. The highest BCUT2D eigenvalue weighted by Crippen LogP contribution is 2.36. The monoisotopic (exact) mass is 376 g/mol. The third-order valence-corrected chi connectivity index (χ3v) is 4.30. The maximum atomic E-state index is 12.3. The molecule has 2 aromatic carbocycles. The topological polar surface area (TPSA) is 75.2 Å². The van der Waals surface area contributed by atoms with E-state index in [4.69, 9.17) is 27.9 Å². The van der Waals surface area contributed by atoms with Crippen LogP contribution in [0.5, 0.6) is 11.5 Å². The minimum absolute atomic E-state index is 0.130. The van der Waals surface area contributed by atoms with Crippen LogP contribution in [0.3, 0.4) is 0 Å². The molecule has 0 bridgehead atoms. The summed E-state index contributed by atoms with van der Waals surface area (Å²) in [4.78, 5) is 19.4. The molecule has 1 aromatic heterocycles. The van der Waals surface area contributed by atoms with Crippen LogP contribution in [0, 0.1) is 6.92 Å². The Morgan fingerprint density at radius 3 is 2.84 bits per heavy atom. The molecule has 1 heterocycles. The molecule has 0 fully saturated rings. The largest absolute Gasteiger partial charge is 0.503 e. The minimum Gasteiger partial charge on any atom is -0.503 e. The molecule has 0 atom stereocenters. The Hall–Kier alpha value is -2.50. The summed E-state index contributed by atoms with van der Waals surface area (Å²) < 4.78 is 5.07. The van der Waals surface area contributed by atoms with Gasteiger partial charge in [0, 0.05) is 0 Å². The molecular weight excluding hydrogens is 363 g/mol. The number of methoxy groups -OCH3 is 1. The van der Waals surface area contributed by atoms with Crippen LogP contribution in [-0.2, 0) is 0 Å². The van der Waals surface area contributed by atoms with Gasteiger partial charge in [-0.2, -0.15) is 0 Å². The highest BCUT2D eigenvalue weighted by Gasteiger charge is 2.11. The number of nitrogens with zero attached hydrogens (tertiary/aromatic N) is 1. The van der Waals surface area contributed by atoms with Gasteiger partial charge in [0.15, 0.2) is 17.3 Å². The standard InChI is InChI=1S/C18H14Cl2N2O3/c1-9-4-3-5-11-15(9)21-17(22-18(11)24)13(20)7-10-6-12(19)16(23)14(8-10)25-2/h3-8,23H,1-2H3,(H,21,22,24)/b13-7-. The smallest absolute Gasteiger partial charge is 0.259 e. The maximum absolute atomic E-state index is 12.3. The fourth-order valence-electron chi connectivity index (χ4n) is 2.47. The minimum atomic E-state index is -0.267. The number of para-hydroxylation sites is 1. The zero-order chi connectivity index (χ0) is 18.1. The molecule has 0 amide bonds. The van der Waals surface area contributed by atoms with Gasteiger partial charge in [0.1, 0.15) is 0 Å². The quantitative estimate of drug-likeness (QED) is 0.712. The van der Waals surface area contributed by atoms with Crippen molar-refractivity contribution in [3.05, 3.63) is 62.7 Å². The van der Waals surface area contributed by atoms with Gasteiger partial charge in [-0.3, -0.25) is 4.79 Å². The number of phenolic OH excluding ortho intramolecular Hbond substituents is 1. The number of hydrogen-bond donors (Lipinski definition) is 2. The van der Waals surface area contributed by atoms with Crippen molar-refractivity contribution < 1.29 is 9.84 Å². The number of fused-ring (bicyclic) bond motifs is 1. The van der Waals surface area contributed by atoms with Crippen molar-refractivity contribution in [2.24, 2.45) is 0 Å². The zero-order valence-electron chi connectivity index (χ0n) is 13.4. The van der Waals surface area contributed by atoms with Crippen molar-refractivity contribution in [1.82, 2.24) is 9.97 Å². The first-order valence-corrected chi connectivity index (χ1v) is 8.10. The van der Waals surface area contributed by atoms with E-state index >= 15 is 0 Å². The number of halogens is 2. The lowest BCUT2D eigenvalue weighted by Crippen LogP contribution is -2.11. The van der Waals surface area contributed by atoms with Crippen molar-refractivity contribution in [3.8, 4) is 11.5 Å². The summed E-state index contributed by atoms with van der Waals surface area (Å²) in [5, 5.41) is 10.6. The van der Waals surface area contributed by atoms with Gasteiger partial charge in [-0.05, 0) is 42.3 Å². The second kappa shape index (κ2) is 6.78. The van der Waals surface area contributed by atoms with E-state index in [1.54, 1.807) is 24.3 Å². The van der Waals surface area contributed by atoms with Crippen molar-refractivity contribution in [1.29, 1.82) is 0 Å². The number of rotatable bonds is 3. The van der Waals surface area contributed by atoms with Crippen molar-refractivity contribution in [3.63, 3.8) is 0 Å². The first-order valence-electron chi connectivity index (χ1n) is 7.34. The summed E-state index contributed by atoms with van der Waals surface area (Å²) in [6.45, 7) is 1.88. The van der Waals surface area contributed by atoms with Crippen molar-refractivity contribution in [2.45, 2.75) is 6.92 Å². The molecule has 25 heavy (non-hydrogen) atoms. The molecule has 0 saturated heterocycles. The highest BCUT2D eigenvalue weighted by atomic mass is 35.5. The number of aryl methyl sites for hydroxylation is 1. The number of aromatic amines is 1. The normalized spacial score (nSPS) is 11.8. The molecule has 2 N–H and O–H groups in total. The zero-order valence-corrected chi connectivity index (χ0v) is 14.9. The lowest BCUT2D eigenvalue weighted by atomic mass is 10.1. The number of aromatic nitrogens is 2. The Kier molecular flexibility index (Phi) is 4.70. The number of nitrogens with one attached hydrogen (secondary N) is 1. The lowest BCUT2D eigenvalue weighted by Gasteiger charge is -2.07. The highest BCUT2D eigenvalue weighted by molar-refractivity contribution is 6.50. The second-order valence-electron chi connectivity index (χ2n) is 5.43. The summed E-state index contributed by atoms with van der Waals surface area (Å²) in [6, 6.07) is 8.50. The number of phenols is 1. The van der Waals surface area contributed by atoms with Gasteiger partial charge < -0.3 is 14.8 Å².